The summed E-state index contributed by atoms with van der Waals surface area (Å²) in [6.45, 7) is 2.69. The zero-order valence-electron chi connectivity index (χ0n) is 14.1. The first kappa shape index (κ1) is 17.3. The predicted molar refractivity (Wildman–Crippen MR) is 89.3 cm³/mol. The number of hydrogen-bond donors (Lipinski definition) is 2. The van der Waals surface area contributed by atoms with Crippen LogP contribution in [-0.2, 0) is 9.59 Å². The molecule has 0 fully saturated rings. The number of imide groups is 1. The summed E-state index contributed by atoms with van der Waals surface area (Å²) in [5.41, 5.74) is 0.523. The highest BCUT2D eigenvalue weighted by atomic mass is 16.5. The number of anilines is 1. The number of hydrogen-bond acceptors (Lipinski definition) is 6. The Bertz CT molecular complexity index is 869. The van der Waals surface area contributed by atoms with E-state index in [-0.39, 0.29) is 16.9 Å². The van der Waals surface area contributed by atoms with E-state index < -0.39 is 36.2 Å². The van der Waals surface area contributed by atoms with Crippen LogP contribution in [0.15, 0.2) is 34.9 Å². The molecule has 0 radical (unpaired) electrons. The van der Waals surface area contributed by atoms with Crippen LogP contribution in [-0.4, -0.2) is 46.3 Å². The summed E-state index contributed by atoms with van der Waals surface area (Å²) in [5.74, 6) is -1.43. The van der Waals surface area contributed by atoms with Crippen LogP contribution in [0.3, 0.4) is 0 Å². The van der Waals surface area contributed by atoms with Gasteiger partial charge in [0, 0.05) is 6.07 Å². The van der Waals surface area contributed by atoms with Crippen molar-refractivity contribution in [3.05, 3.63) is 47.2 Å². The highest BCUT2D eigenvalue weighted by Crippen LogP contribution is 2.21. The zero-order valence-corrected chi connectivity index (χ0v) is 14.1. The molecule has 2 heterocycles. The highest BCUT2D eigenvalue weighted by molar-refractivity contribution is 6.22. The Balaban J connectivity index is 1.58. The van der Waals surface area contributed by atoms with E-state index in [2.05, 4.69) is 15.8 Å². The van der Waals surface area contributed by atoms with Gasteiger partial charge in [0.25, 0.3) is 11.8 Å². The maximum atomic E-state index is 12.2. The van der Waals surface area contributed by atoms with Crippen molar-refractivity contribution in [3.8, 4) is 0 Å². The number of aromatic nitrogens is 1. The normalized spacial score (nSPS) is 14.2. The number of rotatable bonds is 5. The van der Waals surface area contributed by atoms with Crippen molar-refractivity contribution < 1.29 is 23.7 Å². The van der Waals surface area contributed by atoms with Crippen molar-refractivity contribution in [1.29, 1.82) is 0 Å². The smallest absolute Gasteiger partial charge is 0.262 e. The number of benzene rings is 1. The summed E-state index contributed by atoms with van der Waals surface area (Å²) in [4.78, 5) is 49.5. The molecule has 1 aliphatic heterocycles. The maximum absolute atomic E-state index is 12.2. The predicted octanol–water partition coefficient (Wildman–Crippen LogP) is 0.722. The van der Waals surface area contributed by atoms with E-state index in [0.29, 0.717) is 5.76 Å². The zero-order chi connectivity index (χ0) is 18.8. The van der Waals surface area contributed by atoms with Gasteiger partial charge in [-0.1, -0.05) is 17.3 Å². The van der Waals surface area contributed by atoms with Crippen LogP contribution in [0.25, 0.3) is 0 Å². The Kier molecular flexibility index (Phi) is 4.53. The molecule has 1 aromatic heterocycles. The Morgan fingerprint density at radius 2 is 1.81 bits per heavy atom. The van der Waals surface area contributed by atoms with Gasteiger partial charge in [0.1, 0.15) is 18.3 Å². The summed E-state index contributed by atoms with van der Waals surface area (Å²) in [6.07, 6.45) is 0. The van der Waals surface area contributed by atoms with Gasteiger partial charge in [0.15, 0.2) is 5.82 Å². The molecular weight excluding hydrogens is 340 g/mol. The summed E-state index contributed by atoms with van der Waals surface area (Å²) < 4.78 is 4.84. The summed E-state index contributed by atoms with van der Waals surface area (Å²) >= 11 is 0. The first-order valence-corrected chi connectivity index (χ1v) is 7.85. The Labute approximate surface area is 148 Å². The minimum absolute atomic E-state index is 0.231. The second-order valence-electron chi connectivity index (χ2n) is 5.84. The van der Waals surface area contributed by atoms with Gasteiger partial charge < -0.3 is 15.2 Å². The van der Waals surface area contributed by atoms with Crippen LogP contribution in [0.2, 0.25) is 0 Å². The van der Waals surface area contributed by atoms with E-state index >= 15 is 0 Å². The molecule has 0 unspecified atom stereocenters. The molecule has 134 valence electrons. The van der Waals surface area contributed by atoms with Gasteiger partial charge in [-0.2, -0.15) is 0 Å². The van der Waals surface area contributed by atoms with E-state index in [9.17, 15) is 19.2 Å². The number of nitrogens with zero attached hydrogens (tertiary/aromatic N) is 2. The quantitative estimate of drug-likeness (QED) is 0.762. The topological polar surface area (TPSA) is 122 Å². The van der Waals surface area contributed by atoms with E-state index in [0.717, 1.165) is 4.90 Å². The van der Waals surface area contributed by atoms with E-state index in [1.807, 2.05) is 0 Å². The third-order valence-electron chi connectivity index (χ3n) is 3.83. The van der Waals surface area contributed by atoms with E-state index in [4.69, 9.17) is 4.52 Å². The fraction of sp³-hybridized carbons (Fsp3) is 0.235. The van der Waals surface area contributed by atoms with E-state index in [1.54, 1.807) is 19.1 Å². The number of aryl methyl sites for hydroxylation is 1. The average Bonchev–Trinajstić information content (AvgIpc) is 3.12. The number of amides is 4. The molecule has 0 saturated carbocycles. The van der Waals surface area contributed by atoms with Crippen LogP contribution >= 0.6 is 0 Å². The fourth-order valence-electron chi connectivity index (χ4n) is 2.54. The average molecular weight is 356 g/mol. The molecule has 2 aromatic rings. The molecule has 1 atom stereocenters. The lowest BCUT2D eigenvalue weighted by Gasteiger charge is -2.16. The van der Waals surface area contributed by atoms with Crippen molar-refractivity contribution >= 4 is 29.4 Å². The van der Waals surface area contributed by atoms with Gasteiger partial charge >= 0.3 is 0 Å². The number of fused-ring (bicyclic) bond motifs is 1. The summed E-state index contributed by atoms with van der Waals surface area (Å²) in [6, 6.07) is 6.99. The number of carbonyl (C=O) groups is 4. The standard InChI is InChI=1S/C17H16N4O5/c1-9-7-13(20-26-9)19-15(23)10(2)18-14(22)8-21-16(24)11-5-3-4-6-12(11)17(21)25/h3-7,10H,8H2,1-2H3,(H,18,22)(H,19,20,23)/t10-/m0/s1. The lowest BCUT2D eigenvalue weighted by atomic mass is 10.1. The molecular formula is C17H16N4O5. The van der Waals surface area contributed by atoms with Crippen LogP contribution in [0.4, 0.5) is 5.82 Å². The van der Waals surface area contributed by atoms with Gasteiger partial charge in [-0.3, -0.25) is 24.1 Å². The molecule has 1 aromatic carbocycles. The highest BCUT2D eigenvalue weighted by Gasteiger charge is 2.36. The minimum Gasteiger partial charge on any atom is -0.360 e. The van der Waals surface area contributed by atoms with Crippen molar-refractivity contribution in [1.82, 2.24) is 15.4 Å². The van der Waals surface area contributed by atoms with Crippen molar-refractivity contribution in [3.63, 3.8) is 0 Å². The second kappa shape index (κ2) is 6.79. The minimum atomic E-state index is -0.894. The molecule has 4 amide bonds. The monoisotopic (exact) mass is 356 g/mol. The van der Waals surface area contributed by atoms with Crippen LogP contribution in [0, 0.1) is 6.92 Å². The molecule has 2 N–H and O–H groups in total. The first-order valence-electron chi connectivity index (χ1n) is 7.85. The lowest BCUT2D eigenvalue weighted by Crippen LogP contribution is -2.47. The SMILES string of the molecule is Cc1cc(NC(=O)[C@H](C)NC(=O)CN2C(=O)c3ccccc3C2=O)no1. The first-order chi connectivity index (χ1) is 12.4. The van der Waals surface area contributed by atoms with Crippen LogP contribution < -0.4 is 10.6 Å². The molecule has 9 nitrogen and oxygen atoms in total. The largest absolute Gasteiger partial charge is 0.360 e. The molecule has 0 aliphatic carbocycles. The van der Waals surface area contributed by atoms with Crippen LogP contribution in [0.1, 0.15) is 33.4 Å². The third kappa shape index (κ3) is 3.32. The molecule has 0 saturated heterocycles. The van der Waals surface area contributed by atoms with Crippen molar-refractivity contribution in [2.24, 2.45) is 0 Å². The molecule has 26 heavy (non-hydrogen) atoms. The Morgan fingerprint density at radius 1 is 1.19 bits per heavy atom. The van der Waals surface area contributed by atoms with Gasteiger partial charge in [-0.25, -0.2) is 0 Å². The molecule has 3 rings (SSSR count). The van der Waals surface area contributed by atoms with Crippen molar-refractivity contribution in [2.75, 3.05) is 11.9 Å². The van der Waals surface area contributed by atoms with Gasteiger partial charge in [0.2, 0.25) is 11.8 Å². The van der Waals surface area contributed by atoms with Gasteiger partial charge in [0.05, 0.1) is 11.1 Å². The van der Waals surface area contributed by atoms with E-state index in [1.165, 1.54) is 25.1 Å². The molecule has 0 spiro atoms. The lowest BCUT2D eigenvalue weighted by molar-refractivity contribution is -0.126. The molecule has 1 aliphatic rings. The summed E-state index contributed by atoms with van der Waals surface area (Å²) in [5, 5.41) is 8.56. The Morgan fingerprint density at radius 3 is 2.35 bits per heavy atom. The fourth-order valence-corrected chi connectivity index (χ4v) is 2.54. The van der Waals surface area contributed by atoms with Gasteiger partial charge in [-0.05, 0) is 26.0 Å². The third-order valence-corrected chi connectivity index (χ3v) is 3.83. The molecule has 9 heteroatoms. The maximum Gasteiger partial charge on any atom is 0.262 e. The van der Waals surface area contributed by atoms with Crippen LogP contribution in [0.5, 0.6) is 0 Å². The molecule has 0 bridgehead atoms. The van der Waals surface area contributed by atoms with Crippen molar-refractivity contribution in [2.45, 2.75) is 19.9 Å². The Hall–Kier alpha value is -3.49. The van der Waals surface area contributed by atoms with Gasteiger partial charge in [-0.15, -0.1) is 0 Å². The number of carbonyl (C=O) groups excluding carboxylic acids is 4. The number of nitrogens with one attached hydrogen (secondary N) is 2. The summed E-state index contributed by atoms with van der Waals surface area (Å²) in [7, 11) is 0. The second-order valence-corrected chi connectivity index (χ2v) is 5.84.